The molecule has 1 aromatic heterocycles. The molecule has 5 nitrogen and oxygen atoms in total. The third-order valence-corrected chi connectivity index (χ3v) is 5.83. The molecule has 0 atom stereocenters. The van der Waals surface area contributed by atoms with Gasteiger partial charge in [0.1, 0.15) is 5.75 Å². The maximum absolute atomic E-state index is 11.8. The summed E-state index contributed by atoms with van der Waals surface area (Å²) < 4.78 is 7.03. The zero-order valence-corrected chi connectivity index (χ0v) is 14.8. The fraction of sp³-hybridized carbons (Fsp3) is 0.357. The minimum atomic E-state index is 0.000740. The van der Waals surface area contributed by atoms with Crippen molar-refractivity contribution in [1.82, 2.24) is 15.5 Å². The van der Waals surface area contributed by atoms with Crippen LogP contribution in [0, 0.1) is 0 Å². The average Bonchev–Trinajstić information content (AvgIpc) is 3.01. The highest BCUT2D eigenvalue weighted by atomic mass is 32.2. The summed E-state index contributed by atoms with van der Waals surface area (Å²) in [5.41, 5.74) is 1.09. The van der Waals surface area contributed by atoms with Crippen molar-refractivity contribution in [2.24, 2.45) is 0 Å². The molecule has 1 heterocycles. The van der Waals surface area contributed by atoms with E-state index in [2.05, 4.69) is 15.5 Å². The molecule has 2 rings (SSSR count). The highest BCUT2D eigenvalue weighted by Crippen LogP contribution is 2.27. The van der Waals surface area contributed by atoms with Crippen LogP contribution in [0.25, 0.3) is 0 Å². The molecular formula is C14H17N3O2S3. The zero-order chi connectivity index (χ0) is 15.8. The first-order valence-electron chi connectivity index (χ1n) is 6.62. The molecule has 0 aliphatic rings. The van der Waals surface area contributed by atoms with Gasteiger partial charge in [-0.1, -0.05) is 53.1 Å². The number of thioether (sulfide) groups is 2. The van der Waals surface area contributed by atoms with E-state index < -0.39 is 0 Å². The van der Waals surface area contributed by atoms with Gasteiger partial charge in [-0.3, -0.25) is 4.79 Å². The van der Waals surface area contributed by atoms with Gasteiger partial charge in [-0.2, -0.15) is 0 Å². The molecule has 0 saturated carbocycles. The smallest absolute Gasteiger partial charge is 0.230 e. The quantitative estimate of drug-likeness (QED) is 0.735. The number of para-hydroxylation sites is 1. The number of carbonyl (C=O) groups excluding carboxylic acids is 1. The lowest BCUT2D eigenvalue weighted by Gasteiger charge is -2.08. The van der Waals surface area contributed by atoms with Crippen LogP contribution in [0.4, 0.5) is 0 Å². The Hall–Kier alpha value is -1.25. The number of nitrogens with one attached hydrogen (secondary N) is 1. The Morgan fingerprint density at radius 2 is 2.09 bits per heavy atom. The van der Waals surface area contributed by atoms with Crippen LogP contribution in [0.3, 0.4) is 0 Å². The van der Waals surface area contributed by atoms with Gasteiger partial charge in [0.15, 0.2) is 8.68 Å². The third kappa shape index (κ3) is 5.19. The van der Waals surface area contributed by atoms with Crippen LogP contribution in [0.2, 0.25) is 0 Å². The number of hydrogen-bond donors (Lipinski definition) is 1. The standard InChI is InChI=1S/C14H17N3O2S3/c1-19-11-6-4-3-5-10(11)7-8-15-12(18)9-21-14-17-16-13(20-2)22-14/h3-6H,7-9H2,1-2H3,(H,15,18). The summed E-state index contributed by atoms with van der Waals surface area (Å²) in [6.07, 6.45) is 2.70. The number of methoxy groups -OCH3 is 1. The summed E-state index contributed by atoms with van der Waals surface area (Å²) in [5.74, 6) is 1.21. The van der Waals surface area contributed by atoms with Crippen molar-refractivity contribution in [1.29, 1.82) is 0 Å². The number of aromatic nitrogens is 2. The largest absolute Gasteiger partial charge is 0.496 e. The molecule has 22 heavy (non-hydrogen) atoms. The number of rotatable bonds is 8. The molecule has 0 spiro atoms. The Kier molecular flexibility index (Phi) is 7.01. The zero-order valence-electron chi connectivity index (χ0n) is 12.4. The fourth-order valence-electron chi connectivity index (χ4n) is 1.76. The normalized spacial score (nSPS) is 10.5. The lowest BCUT2D eigenvalue weighted by molar-refractivity contribution is -0.118. The van der Waals surface area contributed by atoms with Crippen molar-refractivity contribution in [3.8, 4) is 5.75 Å². The molecule has 2 aromatic rings. The number of hydrogen-bond acceptors (Lipinski definition) is 7. The monoisotopic (exact) mass is 355 g/mol. The van der Waals surface area contributed by atoms with Gasteiger partial charge in [-0.15, -0.1) is 10.2 Å². The molecule has 118 valence electrons. The van der Waals surface area contributed by atoms with E-state index in [1.807, 2.05) is 30.5 Å². The number of benzene rings is 1. The Balaban J connectivity index is 1.71. The second-order valence-corrected chi connectivity index (χ2v) is 7.49. The van der Waals surface area contributed by atoms with Gasteiger partial charge in [-0.25, -0.2) is 0 Å². The lowest BCUT2D eigenvalue weighted by Crippen LogP contribution is -2.27. The molecule has 0 radical (unpaired) electrons. The second kappa shape index (κ2) is 9.02. The average molecular weight is 356 g/mol. The van der Waals surface area contributed by atoms with E-state index in [4.69, 9.17) is 4.74 Å². The van der Waals surface area contributed by atoms with Crippen molar-refractivity contribution < 1.29 is 9.53 Å². The molecule has 8 heteroatoms. The van der Waals surface area contributed by atoms with Crippen molar-refractivity contribution in [3.63, 3.8) is 0 Å². The van der Waals surface area contributed by atoms with E-state index in [1.54, 1.807) is 18.9 Å². The molecule has 0 aliphatic carbocycles. The van der Waals surface area contributed by atoms with E-state index in [0.717, 1.165) is 26.4 Å². The van der Waals surface area contributed by atoms with Gasteiger partial charge in [-0.05, 0) is 24.3 Å². The van der Waals surface area contributed by atoms with E-state index in [9.17, 15) is 4.79 Å². The highest BCUT2D eigenvalue weighted by molar-refractivity contribution is 8.03. The van der Waals surface area contributed by atoms with Crippen LogP contribution in [0.1, 0.15) is 5.56 Å². The molecule has 1 aromatic carbocycles. The first-order valence-corrected chi connectivity index (χ1v) is 9.64. The summed E-state index contributed by atoms with van der Waals surface area (Å²) in [6.45, 7) is 0.589. The molecular weight excluding hydrogens is 338 g/mol. The number of nitrogens with zero attached hydrogens (tertiary/aromatic N) is 2. The van der Waals surface area contributed by atoms with E-state index in [1.165, 1.54) is 23.1 Å². The SMILES string of the molecule is COc1ccccc1CCNC(=O)CSc1nnc(SC)s1. The Morgan fingerprint density at radius 1 is 1.32 bits per heavy atom. The van der Waals surface area contributed by atoms with Crippen molar-refractivity contribution in [2.45, 2.75) is 15.1 Å². The van der Waals surface area contributed by atoms with Crippen molar-refractivity contribution >= 4 is 40.8 Å². The van der Waals surface area contributed by atoms with E-state index in [0.29, 0.717) is 12.3 Å². The summed E-state index contributed by atoms with van der Waals surface area (Å²) in [6, 6.07) is 7.83. The number of carbonyl (C=O) groups is 1. The van der Waals surface area contributed by atoms with Gasteiger partial charge in [0, 0.05) is 6.54 Å². The maximum atomic E-state index is 11.8. The van der Waals surface area contributed by atoms with Gasteiger partial charge in [0.25, 0.3) is 0 Å². The van der Waals surface area contributed by atoms with Crippen LogP contribution in [0.15, 0.2) is 32.9 Å². The summed E-state index contributed by atoms with van der Waals surface area (Å²) >= 11 is 4.48. The molecule has 0 aliphatic heterocycles. The minimum absolute atomic E-state index is 0.000740. The van der Waals surface area contributed by atoms with Gasteiger partial charge < -0.3 is 10.1 Å². The minimum Gasteiger partial charge on any atom is -0.496 e. The van der Waals surface area contributed by atoms with Crippen LogP contribution in [-0.4, -0.2) is 41.8 Å². The van der Waals surface area contributed by atoms with Crippen molar-refractivity contribution in [2.75, 3.05) is 25.7 Å². The summed E-state index contributed by atoms with van der Waals surface area (Å²) in [4.78, 5) is 11.8. The molecule has 0 fully saturated rings. The first-order chi connectivity index (χ1) is 10.7. The second-order valence-electron chi connectivity index (χ2n) is 4.24. The first kappa shape index (κ1) is 17.1. The maximum Gasteiger partial charge on any atom is 0.230 e. The predicted molar refractivity (Wildman–Crippen MR) is 92.1 cm³/mol. The molecule has 0 saturated heterocycles. The fourth-order valence-corrected chi connectivity index (χ4v) is 4.03. The van der Waals surface area contributed by atoms with Gasteiger partial charge >= 0.3 is 0 Å². The Labute approximate surface area is 142 Å². The third-order valence-electron chi connectivity index (χ3n) is 2.80. The van der Waals surface area contributed by atoms with Crippen LogP contribution < -0.4 is 10.1 Å². The van der Waals surface area contributed by atoms with E-state index >= 15 is 0 Å². The van der Waals surface area contributed by atoms with Gasteiger partial charge in [0.2, 0.25) is 5.91 Å². The topological polar surface area (TPSA) is 64.1 Å². The Morgan fingerprint density at radius 3 is 2.82 bits per heavy atom. The molecule has 0 unspecified atom stereocenters. The van der Waals surface area contributed by atoms with E-state index in [-0.39, 0.29) is 5.91 Å². The molecule has 0 bridgehead atoms. The van der Waals surface area contributed by atoms with Crippen LogP contribution >= 0.6 is 34.9 Å². The predicted octanol–water partition coefficient (Wildman–Crippen LogP) is 2.72. The number of amides is 1. The highest BCUT2D eigenvalue weighted by Gasteiger charge is 2.08. The van der Waals surface area contributed by atoms with Crippen molar-refractivity contribution in [3.05, 3.63) is 29.8 Å². The Bertz CT molecular complexity index is 619. The number of ether oxygens (including phenoxy) is 1. The molecule has 1 N–H and O–H groups in total. The summed E-state index contributed by atoms with van der Waals surface area (Å²) in [7, 11) is 1.65. The summed E-state index contributed by atoms with van der Waals surface area (Å²) in [5, 5.41) is 10.9. The lowest BCUT2D eigenvalue weighted by atomic mass is 10.1. The van der Waals surface area contributed by atoms with Gasteiger partial charge in [0.05, 0.1) is 12.9 Å². The van der Waals surface area contributed by atoms with Crippen LogP contribution in [0.5, 0.6) is 5.75 Å². The van der Waals surface area contributed by atoms with Crippen LogP contribution in [-0.2, 0) is 11.2 Å². The molecule has 1 amide bonds.